The molecule has 0 aliphatic carbocycles. The molecule has 29 heavy (non-hydrogen) atoms. The van der Waals surface area contributed by atoms with Gasteiger partial charge in [0.05, 0.1) is 0 Å². The maximum absolute atomic E-state index is 2.30. The smallest absolute Gasteiger partial charge is 0.0686 e. The quantitative estimate of drug-likeness (QED) is 0.390. The van der Waals surface area contributed by atoms with Crippen LogP contribution in [0.3, 0.4) is 0 Å². The van der Waals surface area contributed by atoms with Crippen molar-refractivity contribution in [2.24, 2.45) is 0 Å². The second-order valence-corrected chi connectivity index (χ2v) is 7.60. The van der Waals surface area contributed by atoms with Crippen molar-refractivity contribution in [2.45, 2.75) is 26.2 Å². The van der Waals surface area contributed by atoms with E-state index in [0.29, 0.717) is 0 Å². The Hall–Kier alpha value is -3.06. The second kappa shape index (κ2) is 9.43. The molecule has 4 rings (SSSR count). The van der Waals surface area contributed by atoms with Gasteiger partial charge >= 0.3 is 0 Å². The minimum Gasteiger partial charge on any atom is -0.0686 e. The van der Waals surface area contributed by atoms with Gasteiger partial charge in [0.1, 0.15) is 0 Å². The summed E-state index contributed by atoms with van der Waals surface area (Å²) in [7, 11) is 0. The Balaban J connectivity index is 1.89. The van der Waals surface area contributed by atoms with E-state index < -0.39 is 0 Å². The van der Waals surface area contributed by atoms with E-state index >= 15 is 0 Å². The van der Waals surface area contributed by atoms with Crippen molar-refractivity contribution < 1.29 is 0 Å². The van der Waals surface area contributed by atoms with E-state index in [1.165, 1.54) is 45.9 Å². The molecule has 0 aliphatic heterocycles. The van der Waals surface area contributed by atoms with Gasteiger partial charge in [-0.2, -0.15) is 0 Å². The normalized spacial score (nSPS) is 10.7. The van der Waals surface area contributed by atoms with Gasteiger partial charge in [-0.15, -0.1) is 0 Å². The summed E-state index contributed by atoms with van der Waals surface area (Å²) in [6.07, 6.45) is 3.56. The molecule has 0 N–H and O–H groups in total. The molecular formula is C28H27B. The minimum atomic E-state index is 0.216. The summed E-state index contributed by atoms with van der Waals surface area (Å²) in [6, 6.07) is 39.6. The zero-order valence-electron chi connectivity index (χ0n) is 17.1. The van der Waals surface area contributed by atoms with E-state index in [0.717, 1.165) is 6.42 Å². The molecule has 4 aromatic rings. The zero-order chi connectivity index (χ0) is 19.9. The fourth-order valence-electron chi connectivity index (χ4n) is 4.20. The molecular weight excluding hydrogens is 347 g/mol. The van der Waals surface area contributed by atoms with Crippen LogP contribution in [0, 0.1) is 0 Å². The van der Waals surface area contributed by atoms with Gasteiger partial charge in [0.2, 0.25) is 6.71 Å². The predicted octanol–water partition coefficient (Wildman–Crippen LogP) is 5.21. The number of unbranched alkanes of at least 4 members (excludes halogenated alkanes) is 1. The van der Waals surface area contributed by atoms with Crippen LogP contribution in [0.25, 0.3) is 11.1 Å². The molecule has 0 nitrogen and oxygen atoms in total. The van der Waals surface area contributed by atoms with Crippen LogP contribution in [-0.2, 0) is 6.42 Å². The number of hydrogen-bond donors (Lipinski definition) is 0. The third-order valence-electron chi connectivity index (χ3n) is 5.64. The maximum atomic E-state index is 2.30. The van der Waals surface area contributed by atoms with Crippen LogP contribution in [0.4, 0.5) is 0 Å². The molecule has 0 amide bonds. The van der Waals surface area contributed by atoms with Crippen LogP contribution in [0.2, 0.25) is 0 Å². The molecule has 0 unspecified atom stereocenters. The first-order valence-corrected chi connectivity index (χ1v) is 10.7. The van der Waals surface area contributed by atoms with Crippen molar-refractivity contribution in [1.29, 1.82) is 0 Å². The van der Waals surface area contributed by atoms with Gasteiger partial charge in [-0.25, -0.2) is 0 Å². The highest BCUT2D eigenvalue weighted by molar-refractivity contribution is 6.96. The van der Waals surface area contributed by atoms with Crippen molar-refractivity contribution in [3.63, 3.8) is 0 Å². The number of benzene rings is 4. The molecule has 0 heterocycles. The lowest BCUT2D eigenvalue weighted by molar-refractivity contribution is 0.796. The second-order valence-electron chi connectivity index (χ2n) is 7.60. The summed E-state index contributed by atoms with van der Waals surface area (Å²) in [4.78, 5) is 0. The first-order chi connectivity index (χ1) is 14.4. The monoisotopic (exact) mass is 374 g/mol. The van der Waals surface area contributed by atoms with E-state index in [4.69, 9.17) is 0 Å². The SMILES string of the molecule is CCCCc1ccccc1-c1ccccc1B(c1ccccc1)c1ccccc1. The van der Waals surface area contributed by atoms with Gasteiger partial charge in [0.15, 0.2) is 0 Å². The summed E-state index contributed by atoms with van der Waals surface area (Å²) in [5.41, 5.74) is 8.19. The van der Waals surface area contributed by atoms with E-state index in [2.05, 4.69) is 116 Å². The fourth-order valence-corrected chi connectivity index (χ4v) is 4.20. The Morgan fingerprint density at radius 3 is 1.69 bits per heavy atom. The lowest BCUT2D eigenvalue weighted by Crippen LogP contribution is -2.52. The fraction of sp³-hybridized carbons (Fsp3) is 0.143. The maximum Gasteiger partial charge on any atom is 0.241 e. The van der Waals surface area contributed by atoms with Crippen LogP contribution >= 0.6 is 0 Å². The van der Waals surface area contributed by atoms with Crippen LogP contribution in [0.1, 0.15) is 25.3 Å². The van der Waals surface area contributed by atoms with Crippen LogP contribution in [0.15, 0.2) is 109 Å². The highest BCUT2D eigenvalue weighted by Gasteiger charge is 2.24. The van der Waals surface area contributed by atoms with E-state index in [1.54, 1.807) is 0 Å². The molecule has 0 saturated carbocycles. The van der Waals surface area contributed by atoms with Crippen molar-refractivity contribution in [3.05, 3.63) is 115 Å². The van der Waals surface area contributed by atoms with Gasteiger partial charge in [-0.3, -0.25) is 0 Å². The molecule has 0 bridgehead atoms. The van der Waals surface area contributed by atoms with Crippen molar-refractivity contribution in [1.82, 2.24) is 0 Å². The van der Waals surface area contributed by atoms with Crippen LogP contribution in [0.5, 0.6) is 0 Å². The van der Waals surface area contributed by atoms with Crippen molar-refractivity contribution in [3.8, 4) is 11.1 Å². The minimum absolute atomic E-state index is 0.216. The molecule has 0 aliphatic rings. The van der Waals surface area contributed by atoms with E-state index in [1.807, 2.05) is 0 Å². The van der Waals surface area contributed by atoms with Gasteiger partial charge < -0.3 is 0 Å². The number of rotatable bonds is 7. The third-order valence-corrected chi connectivity index (χ3v) is 5.64. The highest BCUT2D eigenvalue weighted by atomic mass is 14.1. The molecule has 0 aromatic heterocycles. The standard InChI is InChI=1S/C28H27B/c1-2-3-14-23-15-10-11-20-26(23)27-21-12-13-22-28(27)29(24-16-6-4-7-17-24)25-18-8-5-9-19-25/h4-13,15-22H,2-3,14H2,1H3. The van der Waals surface area contributed by atoms with Crippen molar-refractivity contribution in [2.75, 3.05) is 0 Å². The van der Waals surface area contributed by atoms with Gasteiger partial charge in [0, 0.05) is 0 Å². The van der Waals surface area contributed by atoms with E-state index in [-0.39, 0.29) is 6.71 Å². The molecule has 0 radical (unpaired) electrons. The summed E-state index contributed by atoms with van der Waals surface area (Å²) < 4.78 is 0. The third kappa shape index (κ3) is 4.35. The van der Waals surface area contributed by atoms with Gasteiger partial charge in [-0.1, -0.05) is 139 Å². The summed E-state index contributed by atoms with van der Waals surface area (Å²) in [5.74, 6) is 0. The molecule has 0 fully saturated rings. The Bertz CT molecular complexity index is 998. The number of hydrogen-bond acceptors (Lipinski definition) is 0. The van der Waals surface area contributed by atoms with Gasteiger partial charge in [0.25, 0.3) is 0 Å². The predicted molar refractivity (Wildman–Crippen MR) is 128 cm³/mol. The average molecular weight is 374 g/mol. The van der Waals surface area contributed by atoms with Crippen molar-refractivity contribution >= 4 is 23.1 Å². The van der Waals surface area contributed by atoms with Gasteiger partial charge in [-0.05, 0) is 29.5 Å². The lowest BCUT2D eigenvalue weighted by atomic mass is 9.36. The Labute approximate surface area is 175 Å². The molecule has 0 atom stereocenters. The number of aryl methyl sites for hydroxylation is 1. The highest BCUT2D eigenvalue weighted by Crippen LogP contribution is 2.24. The molecule has 0 saturated heterocycles. The topological polar surface area (TPSA) is 0 Å². The summed E-state index contributed by atoms with van der Waals surface area (Å²) >= 11 is 0. The molecule has 1 heteroatoms. The summed E-state index contributed by atoms with van der Waals surface area (Å²) in [5, 5.41) is 0. The average Bonchev–Trinajstić information content (AvgIpc) is 2.80. The van der Waals surface area contributed by atoms with E-state index in [9.17, 15) is 0 Å². The Kier molecular flexibility index (Phi) is 6.27. The van der Waals surface area contributed by atoms with Crippen LogP contribution < -0.4 is 16.4 Å². The molecule has 4 aromatic carbocycles. The Morgan fingerprint density at radius 1 is 0.552 bits per heavy atom. The first kappa shape index (κ1) is 19.3. The zero-order valence-corrected chi connectivity index (χ0v) is 17.1. The lowest BCUT2D eigenvalue weighted by Gasteiger charge is -2.21. The largest absolute Gasteiger partial charge is 0.241 e. The first-order valence-electron chi connectivity index (χ1n) is 10.7. The molecule has 142 valence electrons. The molecule has 0 spiro atoms. The Morgan fingerprint density at radius 2 is 1.07 bits per heavy atom. The van der Waals surface area contributed by atoms with Crippen LogP contribution in [-0.4, -0.2) is 6.71 Å². The summed E-state index contributed by atoms with van der Waals surface area (Å²) in [6.45, 7) is 2.48.